The highest BCUT2D eigenvalue weighted by atomic mass is 35.5. The Hall–Kier alpha value is -1.35. The van der Waals surface area contributed by atoms with Crippen LogP contribution in [0, 0.1) is 6.92 Å². The lowest BCUT2D eigenvalue weighted by atomic mass is 10.1. The highest BCUT2D eigenvalue weighted by molar-refractivity contribution is 6.16. The summed E-state index contributed by atoms with van der Waals surface area (Å²) in [6, 6.07) is 8.49. The van der Waals surface area contributed by atoms with E-state index in [0.717, 1.165) is 31.0 Å². The Morgan fingerprint density at radius 1 is 1.22 bits per heavy atom. The normalized spacial score (nSPS) is 10.8. The van der Waals surface area contributed by atoms with Crippen LogP contribution in [0.2, 0.25) is 0 Å². The van der Waals surface area contributed by atoms with Gasteiger partial charge in [0.05, 0.1) is 5.88 Å². The number of hydrogen-bond donors (Lipinski definition) is 0. The van der Waals surface area contributed by atoms with Gasteiger partial charge in [-0.2, -0.15) is 0 Å². The van der Waals surface area contributed by atoms with Gasteiger partial charge in [0.25, 0.3) is 0 Å². The number of rotatable bonds is 5. The molecule has 0 unspecified atom stereocenters. The van der Waals surface area contributed by atoms with Gasteiger partial charge in [0.1, 0.15) is 11.6 Å². The van der Waals surface area contributed by atoms with Crippen molar-refractivity contribution in [2.24, 2.45) is 0 Å². The van der Waals surface area contributed by atoms with E-state index in [4.69, 9.17) is 11.6 Å². The molecule has 0 aliphatic rings. The van der Waals surface area contributed by atoms with Gasteiger partial charge in [-0.25, -0.2) is 0 Å². The maximum absolute atomic E-state index is 5.89. The van der Waals surface area contributed by atoms with Crippen molar-refractivity contribution in [1.82, 2.24) is 14.8 Å². The lowest BCUT2D eigenvalue weighted by Gasteiger charge is -2.08. The van der Waals surface area contributed by atoms with Crippen LogP contribution < -0.4 is 0 Å². The Balaban J connectivity index is 2.25. The highest BCUT2D eigenvalue weighted by Crippen LogP contribution is 2.13. The van der Waals surface area contributed by atoms with Gasteiger partial charge < -0.3 is 4.57 Å². The molecule has 0 bridgehead atoms. The quantitative estimate of drug-likeness (QED) is 0.775. The van der Waals surface area contributed by atoms with Gasteiger partial charge in [-0.05, 0) is 18.9 Å². The summed E-state index contributed by atoms with van der Waals surface area (Å²) in [5.74, 6) is 2.28. The highest BCUT2D eigenvalue weighted by Gasteiger charge is 2.10. The lowest BCUT2D eigenvalue weighted by molar-refractivity contribution is 0.627. The largest absolute Gasteiger partial charge is 0.314 e. The third-order valence-corrected chi connectivity index (χ3v) is 3.15. The van der Waals surface area contributed by atoms with Crippen LogP contribution in [0.15, 0.2) is 24.3 Å². The van der Waals surface area contributed by atoms with Crippen LogP contribution in [0.5, 0.6) is 0 Å². The van der Waals surface area contributed by atoms with Crippen molar-refractivity contribution >= 4 is 11.6 Å². The fourth-order valence-corrected chi connectivity index (χ4v) is 2.29. The average Bonchev–Trinajstić information content (AvgIpc) is 2.72. The zero-order chi connectivity index (χ0) is 13.0. The first-order chi connectivity index (χ1) is 8.74. The molecule has 2 rings (SSSR count). The molecule has 1 aromatic carbocycles. The van der Waals surface area contributed by atoms with Gasteiger partial charge in [0.2, 0.25) is 0 Å². The molecule has 2 aromatic rings. The number of benzene rings is 1. The van der Waals surface area contributed by atoms with Gasteiger partial charge in [-0.15, -0.1) is 21.8 Å². The second kappa shape index (κ2) is 6.01. The second-order valence-corrected chi connectivity index (χ2v) is 4.75. The van der Waals surface area contributed by atoms with Crippen molar-refractivity contribution in [3.63, 3.8) is 0 Å². The lowest BCUT2D eigenvalue weighted by Crippen LogP contribution is -2.07. The molecule has 0 saturated carbocycles. The molecule has 0 radical (unpaired) electrons. The topological polar surface area (TPSA) is 30.7 Å². The predicted octanol–water partition coefficient (Wildman–Crippen LogP) is 3.33. The standard InChI is InChI=1S/C14H18ClN3/c1-3-7-18-13(16-17-14(18)10-15)9-12-6-4-5-11(2)8-12/h4-6,8H,3,7,9-10H2,1-2H3. The number of aromatic nitrogens is 3. The van der Waals surface area contributed by atoms with Crippen LogP contribution in [0.4, 0.5) is 0 Å². The van der Waals surface area contributed by atoms with Crippen LogP contribution in [-0.2, 0) is 18.8 Å². The van der Waals surface area contributed by atoms with E-state index in [1.807, 2.05) is 0 Å². The number of hydrogen-bond acceptors (Lipinski definition) is 2. The van der Waals surface area contributed by atoms with Crippen molar-refractivity contribution in [3.05, 3.63) is 47.0 Å². The van der Waals surface area contributed by atoms with E-state index in [2.05, 4.69) is 52.9 Å². The molecule has 0 spiro atoms. The smallest absolute Gasteiger partial charge is 0.147 e. The molecule has 1 aromatic heterocycles. The Bertz CT molecular complexity index is 520. The Morgan fingerprint density at radius 3 is 2.67 bits per heavy atom. The molecule has 0 saturated heterocycles. The molecule has 3 nitrogen and oxygen atoms in total. The minimum Gasteiger partial charge on any atom is -0.314 e. The van der Waals surface area contributed by atoms with E-state index in [0.29, 0.717) is 5.88 Å². The molecule has 96 valence electrons. The van der Waals surface area contributed by atoms with E-state index < -0.39 is 0 Å². The molecule has 0 atom stereocenters. The summed E-state index contributed by atoms with van der Waals surface area (Å²) in [6.45, 7) is 5.18. The van der Waals surface area contributed by atoms with Crippen LogP contribution in [0.25, 0.3) is 0 Å². The number of halogens is 1. The fourth-order valence-electron chi connectivity index (χ4n) is 2.09. The van der Waals surface area contributed by atoms with Crippen molar-refractivity contribution in [1.29, 1.82) is 0 Å². The average molecular weight is 264 g/mol. The van der Waals surface area contributed by atoms with Gasteiger partial charge in [-0.1, -0.05) is 36.8 Å². The van der Waals surface area contributed by atoms with E-state index in [1.165, 1.54) is 11.1 Å². The summed E-state index contributed by atoms with van der Waals surface area (Å²) in [5.41, 5.74) is 2.53. The SMILES string of the molecule is CCCn1c(CCl)nnc1Cc1cccc(C)c1. The van der Waals surface area contributed by atoms with E-state index in [9.17, 15) is 0 Å². The summed E-state index contributed by atoms with van der Waals surface area (Å²) >= 11 is 5.89. The summed E-state index contributed by atoms with van der Waals surface area (Å²) in [6.07, 6.45) is 1.87. The van der Waals surface area contributed by atoms with E-state index >= 15 is 0 Å². The number of alkyl halides is 1. The minimum atomic E-state index is 0.417. The van der Waals surface area contributed by atoms with Gasteiger partial charge in [0, 0.05) is 13.0 Å². The minimum absolute atomic E-state index is 0.417. The Labute approximate surface area is 113 Å². The van der Waals surface area contributed by atoms with Crippen molar-refractivity contribution in [3.8, 4) is 0 Å². The van der Waals surface area contributed by atoms with Crippen molar-refractivity contribution in [2.75, 3.05) is 0 Å². The maximum atomic E-state index is 5.89. The molecule has 18 heavy (non-hydrogen) atoms. The van der Waals surface area contributed by atoms with Gasteiger partial charge >= 0.3 is 0 Å². The third kappa shape index (κ3) is 2.91. The molecule has 1 heterocycles. The fraction of sp³-hybridized carbons (Fsp3) is 0.429. The van der Waals surface area contributed by atoms with E-state index in [-0.39, 0.29) is 0 Å². The number of nitrogens with zero attached hydrogens (tertiary/aromatic N) is 3. The molecule has 4 heteroatoms. The van der Waals surface area contributed by atoms with Crippen LogP contribution in [-0.4, -0.2) is 14.8 Å². The maximum Gasteiger partial charge on any atom is 0.147 e. The molecular formula is C14H18ClN3. The monoisotopic (exact) mass is 263 g/mol. The molecule has 0 aliphatic heterocycles. The summed E-state index contributed by atoms with van der Waals surface area (Å²) in [5, 5.41) is 8.41. The zero-order valence-electron chi connectivity index (χ0n) is 10.9. The van der Waals surface area contributed by atoms with Crippen LogP contribution in [0.1, 0.15) is 36.1 Å². The van der Waals surface area contributed by atoms with E-state index in [1.54, 1.807) is 0 Å². The zero-order valence-corrected chi connectivity index (χ0v) is 11.6. The first kappa shape index (κ1) is 13.1. The summed E-state index contributed by atoms with van der Waals surface area (Å²) in [4.78, 5) is 0. The predicted molar refractivity (Wildman–Crippen MR) is 73.9 cm³/mol. The third-order valence-electron chi connectivity index (χ3n) is 2.92. The Kier molecular flexibility index (Phi) is 4.37. The molecular weight excluding hydrogens is 246 g/mol. The molecule has 0 fully saturated rings. The van der Waals surface area contributed by atoms with Crippen molar-refractivity contribution in [2.45, 2.75) is 39.1 Å². The number of aryl methyl sites for hydroxylation is 1. The van der Waals surface area contributed by atoms with Gasteiger partial charge in [0.15, 0.2) is 0 Å². The first-order valence-electron chi connectivity index (χ1n) is 6.27. The first-order valence-corrected chi connectivity index (χ1v) is 6.80. The van der Waals surface area contributed by atoms with Crippen LogP contribution in [0.3, 0.4) is 0 Å². The Morgan fingerprint density at radius 2 is 2.00 bits per heavy atom. The molecule has 0 N–H and O–H groups in total. The second-order valence-electron chi connectivity index (χ2n) is 4.48. The summed E-state index contributed by atoms with van der Waals surface area (Å²) in [7, 11) is 0. The molecule has 0 aliphatic carbocycles. The molecule has 0 amide bonds. The van der Waals surface area contributed by atoms with Crippen molar-refractivity contribution < 1.29 is 0 Å². The van der Waals surface area contributed by atoms with Crippen LogP contribution >= 0.6 is 11.6 Å². The van der Waals surface area contributed by atoms with Gasteiger partial charge in [-0.3, -0.25) is 0 Å². The summed E-state index contributed by atoms with van der Waals surface area (Å²) < 4.78 is 2.13.